The first-order chi connectivity index (χ1) is 9.94. The number of halogens is 1. The Labute approximate surface area is 138 Å². The molecule has 0 saturated heterocycles. The SMILES string of the molecule is CCN(C)CC(C)(C)C(O)c1cc(-c2ccccc2)no1.Cl. The summed E-state index contributed by atoms with van der Waals surface area (Å²) in [5.41, 5.74) is 1.44. The third-order valence-electron chi connectivity index (χ3n) is 3.82. The Morgan fingerprint density at radius 3 is 2.50 bits per heavy atom. The fraction of sp³-hybridized carbons (Fsp3) is 0.471. The Balaban J connectivity index is 0.00000242. The zero-order valence-corrected chi connectivity index (χ0v) is 14.4. The summed E-state index contributed by atoms with van der Waals surface area (Å²) in [7, 11) is 2.05. The highest BCUT2D eigenvalue weighted by Crippen LogP contribution is 2.35. The van der Waals surface area contributed by atoms with Crippen LogP contribution in [0, 0.1) is 5.41 Å². The van der Waals surface area contributed by atoms with Crippen LogP contribution in [0.1, 0.15) is 32.6 Å². The lowest BCUT2D eigenvalue weighted by Crippen LogP contribution is -2.35. The van der Waals surface area contributed by atoms with Gasteiger partial charge in [-0.15, -0.1) is 12.4 Å². The number of nitrogens with zero attached hydrogens (tertiary/aromatic N) is 2. The summed E-state index contributed by atoms with van der Waals surface area (Å²) in [5, 5.41) is 14.7. The molecule has 22 heavy (non-hydrogen) atoms. The lowest BCUT2D eigenvalue weighted by Gasteiger charge is -2.32. The smallest absolute Gasteiger partial charge is 0.166 e. The van der Waals surface area contributed by atoms with Gasteiger partial charge in [-0.3, -0.25) is 0 Å². The molecule has 0 aliphatic heterocycles. The maximum atomic E-state index is 10.6. The zero-order chi connectivity index (χ0) is 15.5. The predicted molar refractivity (Wildman–Crippen MR) is 91.1 cm³/mol. The molecule has 2 rings (SSSR count). The van der Waals surface area contributed by atoms with Crippen molar-refractivity contribution < 1.29 is 9.63 Å². The molecule has 0 aliphatic rings. The van der Waals surface area contributed by atoms with Crippen LogP contribution >= 0.6 is 12.4 Å². The second kappa shape index (κ2) is 7.77. The summed E-state index contributed by atoms with van der Waals surface area (Å²) in [4.78, 5) is 2.18. The van der Waals surface area contributed by atoms with Crippen molar-refractivity contribution in [3.63, 3.8) is 0 Å². The minimum atomic E-state index is -0.684. The first-order valence-corrected chi connectivity index (χ1v) is 7.32. The minimum absolute atomic E-state index is 0. The Morgan fingerprint density at radius 2 is 1.91 bits per heavy atom. The van der Waals surface area contributed by atoms with Crippen molar-refractivity contribution in [1.29, 1.82) is 0 Å². The van der Waals surface area contributed by atoms with E-state index in [4.69, 9.17) is 4.52 Å². The molecular formula is C17H25ClN2O2. The van der Waals surface area contributed by atoms with Crippen molar-refractivity contribution >= 4 is 12.4 Å². The largest absolute Gasteiger partial charge is 0.384 e. The quantitative estimate of drug-likeness (QED) is 0.878. The second-order valence-corrected chi connectivity index (χ2v) is 6.20. The number of aliphatic hydroxyl groups is 1. The molecule has 1 atom stereocenters. The van der Waals surface area contributed by atoms with Gasteiger partial charge in [0.15, 0.2) is 5.76 Å². The van der Waals surface area contributed by atoms with Gasteiger partial charge in [0.05, 0.1) is 0 Å². The van der Waals surface area contributed by atoms with Crippen LogP contribution in [0.2, 0.25) is 0 Å². The van der Waals surface area contributed by atoms with Gasteiger partial charge in [0.25, 0.3) is 0 Å². The molecule has 2 aromatic rings. The average Bonchev–Trinajstić information content (AvgIpc) is 2.96. The van der Waals surface area contributed by atoms with Gasteiger partial charge in [-0.1, -0.05) is 56.3 Å². The molecule has 1 aromatic carbocycles. The van der Waals surface area contributed by atoms with Gasteiger partial charge in [-0.25, -0.2) is 0 Å². The minimum Gasteiger partial charge on any atom is -0.384 e. The summed E-state index contributed by atoms with van der Waals surface area (Å²) >= 11 is 0. The summed E-state index contributed by atoms with van der Waals surface area (Å²) in [6.45, 7) is 7.90. The number of hydrogen-bond acceptors (Lipinski definition) is 4. The standard InChI is InChI=1S/C17H24N2O2.ClH/c1-5-19(4)12-17(2,3)16(20)15-11-14(18-21-15)13-9-7-6-8-10-13;/h6-11,16,20H,5,12H2,1-4H3;1H. The van der Waals surface area contributed by atoms with Crippen LogP contribution in [0.15, 0.2) is 40.9 Å². The van der Waals surface area contributed by atoms with Crippen molar-refractivity contribution in [2.24, 2.45) is 5.41 Å². The van der Waals surface area contributed by atoms with E-state index < -0.39 is 6.10 Å². The maximum absolute atomic E-state index is 10.6. The van der Waals surface area contributed by atoms with Crippen LogP contribution < -0.4 is 0 Å². The van der Waals surface area contributed by atoms with Crippen molar-refractivity contribution in [3.05, 3.63) is 42.2 Å². The summed E-state index contributed by atoms with van der Waals surface area (Å²) in [6.07, 6.45) is -0.684. The van der Waals surface area contributed by atoms with Crippen LogP contribution in [0.3, 0.4) is 0 Å². The topological polar surface area (TPSA) is 49.5 Å². The normalized spacial score (nSPS) is 13.0. The lowest BCUT2D eigenvalue weighted by atomic mass is 9.84. The Bertz CT molecular complexity index is 569. The summed E-state index contributed by atoms with van der Waals surface area (Å²) in [6, 6.07) is 11.7. The first kappa shape index (κ1) is 18.7. The molecular weight excluding hydrogens is 300 g/mol. The van der Waals surface area contributed by atoms with Crippen LogP contribution in [0.4, 0.5) is 0 Å². The highest BCUT2D eigenvalue weighted by molar-refractivity contribution is 5.85. The zero-order valence-electron chi connectivity index (χ0n) is 13.6. The first-order valence-electron chi connectivity index (χ1n) is 7.32. The fourth-order valence-corrected chi connectivity index (χ4v) is 2.44. The van der Waals surface area contributed by atoms with Gasteiger partial charge in [0, 0.05) is 23.6 Å². The molecule has 0 fully saturated rings. The molecule has 0 saturated carbocycles. The van der Waals surface area contributed by atoms with Crippen molar-refractivity contribution in [3.8, 4) is 11.3 Å². The molecule has 122 valence electrons. The number of aliphatic hydroxyl groups excluding tert-OH is 1. The molecule has 0 bridgehead atoms. The summed E-state index contributed by atoms with van der Waals surface area (Å²) < 4.78 is 5.36. The van der Waals surface area contributed by atoms with E-state index in [1.165, 1.54) is 0 Å². The van der Waals surface area contributed by atoms with Crippen LogP contribution in [0.5, 0.6) is 0 Å². The molecule has 0 radical (unpaired) electrons. The van der Waals surface area contributed by atoms with Crippen molar-refractivity contribution in [1.82, 2.24) is 10.1 Å². The van der Waals surface area contributed by atoms with E-state index in [1.807, 2.05) is 57.3 Å². The van der Waals surface area contributed by atoms with Gasteiger partial charge in [0.1, 0.15) is 11.8 Å². The number of benzene rings is 1. The van der Waals surface area contributed by atoms with E-state index >= 15 is 0 Å². The van der Waals surface area contributed by atoms with Gasteiger partial charge in [-0.05, 0) is 13.6 Å². The molecule has 0 aliphatic carbocycles. The van der Waals surface area contributed by atoms with E-state index in [1.54, 1.807) is 0 Å². The molecule has 1 aromatic heterocycles. The maximum Gasteiger partial charge on any atom is 0.166 e. The van der Waals surface area contributed by atoms with Gasteiger partial charge in [0.2, 0.25) is 0 Å². The number of hydrogen-bond donors (Lipinski definition) is 1. The fourth-order valence-electron chi connectivity index (χ4n) is 2.44. The Hall–Kier alpha value is -1.36. The highest BCUT2D eigenvalue weighted by Gasteiger charge is 2.33. The summed E-state index contributed by atoms with van der Waals surface area (Å²) in [5.74, 6) is 0.517. The predicted octanol–water partition coefficient (Wildman–Crippen LogP) is 3.77. The molecule has 1 N–H and O–H groups in total. The third-order valence-corrected chi connectivity index (χ3v) is 3.82. The molecule has 0 spiro atoms. The second-order valence-electron chi connectivity index (χ2n) is 6.20. The molecule has 4 nitrogen and oxygen atoms in total. The Morgan fingerprint density at radius 1 is 1.27 bits per heavy atom. The monoisotopic (exact) mass is 324 g/mol. The molecule has 1 unspecified atom stereocenters. The van der Waals surface area contributed by atoms with E-state index in [-0.39, 0.29) is 17.8 Å². The van der Waals surface area contributed by atoms with E-state index in [0.717, 1.165) is 24.3 Å². The third kappa shape index (κ3) is 4.32. The van der Waals surface area contributed by atoms with E-state index in [9.17, 15) is 5.11 Å². The molecule has 0 amide bonds. The van der Waals surface area contributed by atoms with Gasteiger partial charge in [-0.2, -0.15) is 0 Å². The Kier molecular flexibility index (Phi) is 6.60. The van der Waals surface area contributed by atoms with Crippen LogP contribution in [0.25, 0.3) is 11.3 Å². The number of aromatic nitrogens is 1. The van der Waals surface area contributed by atoms with E-state index in [0.29, 0.717) is 5.76 Å². The van der Waals surface area contributed by atoms with E-state index in [2.05, 4.69) is 17.0 Å². The van der Waals surface area contributed by atoms with Crippen LogP contribution in [-0.2, 0) is 0 Å². The van der Waals surface area contributed by atoms with Crippen LogP contribution in [-0.4, -0.2) is 35.3 Å². The number of rotatable bonds is 6. The van der Waals surface area contributed by atoms with Gasteiger partial charge >= 0.3 is 0 Å². The highest BCUT2D eigenvalue weighted by atomic mass is 35.5. The van der Waals surface area contributed by atoms with Gasteiger partial charge < -0.3 is 14.5 Å². The molecule has 1 heterocycles. The molecule has 5 heteroatoms. The lowest BCUT2D eigenvalue weighted by molar-refractivity contribution is 0.00798. The van der Waals surface area contributed by atoms with Crippen molar-refractivity contribution in [2.45, 2.75) is 26.9 Å². The average molecular weight is 325 g/mol. The van der Waals surface area contributed by atoms with Crippen molar-refractivity contribution in [2.75, 3.05) is 20.1 Å².